The number of rotatable bonds is 2. The first-order chi connectivity index (χ1) is 12.8. The van der Waals surface area contributed by atoms with E-state index in [9.17, 15) is 0 Å². The Morgan fingerprint density at radius 3 is 1.44 bits per heavy atom. The van der Waals surface area contributed by atoms with Gasteiger partial charge in [0.2, 0.25) is 0 Å². The lowest BCUT2D eigenvalue weighted by Crippen LogP contribution is -1.94. The quantitative estimate of drug-likeness (QED) is 0.575. The zero-order valence-electron chi connectivity index (χ0n) is 19.5. The van der Waals surface area contributed by atoms with Crippen molar-refractivity contribution < 1.29 is 0 Å². The zero-order chi connectivity index (χ0) is 21.8. The van der Waals surface area contributed by atoms with E-state index in [4.69, 9.17) is 0 Å². The third-order valence-electron chi connectivity index (χ3n) is 2.86. The highest BCUT2D eigenvalue weighted by molar-refractivity contribution is 5.59. The molecule has 0 aliphatic rings. The minimum Gasteiger partial charge on any atom is -0.362 e. The van der Waals surface area contributed by atoms with E-state index in [2.05, 4.69) is 90.4 Å². The summed E-state index contributed by atoms with van der Waals surface area (Å²) in [5.74, 6) is 0.833. The van der Waals surface area contributed by atoms with Crippen LogP contribution in [0.15, 0.2) is 55.2 Å². The summed E-state index contributed by atoms with van der Waals surface area (Å²) in [6.07, 6.45) is 1.71. The highest BCUT2D eigenvalue weighted by Crippen LogP contribution is 2.21. The van der Waals surface area contributed by atoms with Crippen LogP contribution in [-0.4, -0.2) is 7.05 Å². The molecule has 0 amide bonds. The molecular formula is C25H44N2. The first-order valence-corrected chi connectivity index (χ1v) is 9.82. The SMILES string of the molecule is C=CNc1c(C)cc(C)cc1C.CC.CC(C)C.CN.Cc1ccccc1. The van der Waals surface area contributed by atoms with Crippen molar-refractivity contribution in [3.8, 4) is 0 Å². The van der Waals surface area contributed by atoms with Crippen LogP contribution >= 0.6 is 0 Å². The molecule has 0 heterocycles. The molecule has 2 nitrogen and oxygen atoms in total. The molecule has 0 aliphatic carbocycles. The first-order valence-electron chi connectivity index (χ1n) is 9.82. The molecule has 2 rings (SSSR count). The van der Waals surface area contributed by atoms with Gasteiger partial charge in [-0.05, 0) is 58.0 Å². The Kier molecular flexibility index (Phi) is 22.3. The Balaban J connectivity index is -0.000000327. The number of benzene rings is 2. The smallest absolute Gasteiger partial charge is 0.0439 e. The van der Waals surface area contributed by atoms with E-state index < -0.39 is 0 Å². The maximum absolute atomic E-state index is 4.50. The van der Waals surface area contributed by atoms with Gasteiger partial charge in [-0.25, -0.2) is 0 Å². The topological polar surface area (TPSA) is 38.0 Å². The van der Waals surface area contributed by atoms with Crippen LogP contribution in [0.1, 0.15) is 56.9 Å². The summed E-state index contributed by atoms with van der Waals surface area (Å²) in [5.41, 5.74) is 10.8. The van der Waals surface area contributed by atoms with Gasteiger partial charge in [-0.15, -0.1) is 0 Å². The number of hydrogen-bond donors (Lipinski definition) is 2. The summed E-state index contributed by atoms with van der Waals surface area (Å²) in [6, 6.07) is 14.6. The second-order valence-electron chi connectivity index (χ2n) is 6.51. The molecule has 0 saturated heterocycles. The Morgan fingerprint density at radius 2 is 1.19 bits per heavy atom. The second kappa shape index (κ2) is 20.3. The summed E-state index contributed by atoms with van der Waals surface area (Å²) >= 11 is 0. The molecule has 0 spiro atoms. The number of aryl methyl sites for hydroxylation is 4. The van der Waals surface area contributed by atoms with E-state index in [1.54, 1.807) is 6.20 Å². The maximum Gasteiger partial charge on any atom is 0.0439 e. The van der Waals surface area contributed by atoms with Gasteiger partial charge in [0, 0.05) is 5.69 Å². The van der Waals surface area contributed by atoms with Gasteiger partial charge in [-0.2, -0.15) is 0 Å². The molecule has 2 heteroatoms. The van der Waals surface area contributed by atoms with E-state index in [1.807, 2.05) is 32.0 Å². The van der Waals surface area contributed by atoms with Crippen molar-refractivity contribution in [2.24, 2.45) is 11.7 Å². The molecule has 2 aromatic carbocycles. The van der Waals surface area contributed by atoms with Crippen molar-refractivity contribution in [2.75, 3.05) is 12.4 Å². The van der Waals surface area contributed by atoms with Crippen LogP contribution in [0.25, 0.3) is 0 Å². The van der Waals surface area contributed by atoms with Crippen LogP contribution < -0.4 is 11.1 Å². The van der Waals surface area contributed by atoms with Gasteiger partial charge in [0.1, 0.15) is 0 Å². The maximum atomic E-state index is 4.50. The molecule has 0 radical (unpaired) electrons. The van der Waals surface area contributed by atoms with Crippen LogP contribution in [0.3, 0.4) is 0 Å². The number of hydrogen-bond acceptors (Lipinski definition) is 2. The van der Waals surface area contributed by atoms with Gasteiger partial charge < -0.3 is 11.1 Å². The summed E-state index contributed by atoms with van der Waals surface area (Å²) < 4.78 is 0. The molecule has 0 saturated carbocycles. The van der Waals surface area contributed by atoms with Crippen molar-refractivity contribution in [2.45, 2.75) is 62.3 Å². The Hall–Kier alpha value is -2.06. The van der Waals surface area contributed by atoms with Crippen LogP contribution in [0.4, 0.5) is 5.69 Å². The lowest BCUT2D eigenvalue weighted by molar-refractivity contribution is 0.737. The second-order valence-corrected chi connectivity index (χ2v) is 6.51. The zero-order valence-corrected chi connectivity index (χ0v) is 19.5. The molecule has 0 aliphatic heterocycles. The monoisotopic (exact) mass is 372 g/mol. The van der Waals surface area contributed by atoms with Crippen molar-refractivity contribution in [1.29, 1.82) is 0 Å². The highest BCUT2D eigenvalue weighted by atomic mass is 14.8. The Bertz CT molecular complexity index is 546. The predicted octanol–water partition coefficient (Wildman–Crippen LogP) is 7.43. The number of nitrogens with two attached hydrogens (primary N) is 1. The molecule has 27 heavy (non-hydrogen) atoms. The molecule has 0 fully saturated rings. The van der Waals surface area contributed by atoms with Crippen LogP contribution in [0.5, 0.6) is 0 Å². The number of nitrogens with one attached hydrogen (secondary N) is 1. The van der Waals surface area contributed by atoms with E-state index in [1.165, 1.54) is 35.0 Å². The predicted molar refractivity (Wildman–Crippen MR) is 128 cm³/mol. The fourth-order valence-corrected chi connectivity index (χ4v) is 2.04. The van der Waals surface area contributed by atoms with E-state index in [0.717, 1.165) is 5.92 Å². The standard InChI is InChI=1S/C11H15N.C7H8.C4H10.C2H6.CH5N/c1-5-12-11-9(3)6-8(2)7-10(11)4;1-7-5-3-2-4-6-7;1-4(2)3;2*1-2/h5-7,12H,1H2,2-4H3;2-6H,1H3;4H,1-3H3;1-2H3;2H2,1H3. The lowest BCUT2D eigenvalue weighted by atomic mass is 10.1. The molecule has 0 aromatic heterocycles. The van der Waals surface area contributed by atoms with E-state index in [-0.39, 0.29) is 0 Å². The minimum atomic E-state index is 0.833. The van der Waals surface area contributed by atoms with Gasteiger partial charge in [-0.3, -0.25) is 0 Å². The number of anilines is 1. The fraction of sp³-hybridized carbons (Fsp3) is 0.440. The van der Waals surface area contributed by atoms with Crippen LogP contribution in [-0.2, 0) is 0 Å². The molecule has 2 aromatic rings. The van der Waals surface area contributed by atoms with Crippen molar-refractivity contribution in [3.63, 3.8) is 0 Å². The molecular weight excluding hydrogens is 328 g/mol. The fourth-order valence-electron chi connectivity index (χ4n) is 2.04. The van der Waals surface area contributed by atoms with Gasteiger partial charge in [0.05, 0.1) is 0 Å². The van der Waals surface area contributed by atoms with E-state index >= 15 is 0 Å². The van der Waals surface area contributed by atoms with Gasteiger partial charge in [-0.1, -0.05) is 94.8 Å². The van der Waals surface area contributed by atoms with Gasteiger partial charge in [0.25, 0.3) is 0 Å². The highest BCUT2D eigenvalue weighted by Gasteiger charge is 2.00. The summed E-state index contributed by atoms with van der Waals surface area (Å²) in [5, 5.41) is 3.14. The van der Waals surface area contributed by atoms with Crippen LogP contribution in [0.2, 0.25) is 0 Å². The summed E-state index contributed by atoms with van der Waals surface area (Å²) in [6.45, 7) is 22.5. The average Bonchev–Trinajstić information content (AvgIpc) is 2.62. The van der Waals surface area contributed by atoms with Crippen molar-refractivity contribution in [3.05, 3.63) is 77.5 Å². The van der Waals surface area contributed by atoms with Gasteiger partial charge in [0.15, 0.2) is 0 Å². The normalized spacial score (nSPS) is 8.30. The van der Waals surface area contributed by atoms with Gasteiger partial charge >= 0.3 is 0 Å². The van der Waals surface area contributed by atoms with Crippen molar-refractivity contribution >= 4 is 5.69 Å². The molecule has 154 valence electrons. The Morgan fingerprint density at radius 1 is 0.815 bits per heavy atom. The third-order valence-corrected chi connectivity index (χ3v) is 2.86. The van der Waals surface area contributed by atoms with E-state index in [0.29, 0.717) is 0 Å². The molecule has 0 atom stereocenters. The largest absolute Gasteiger partial charge is 0.362 e. The first kappa shape index (κ1) is 29.7. The molecule has 0 unspecified atom stereocenters. The Labute approximate surface area is 169 Å². The third kappa shape index (κ3) is 18.5. The summed E-state index contributed by atoms with van der Waals surface area (Å²) in [4.78, 5) is 0. The molecule has 3 N–H and O–H groups in total. The van der Waals surface area contributed by atoms with Crippen molar-refractivity contribution in [1.82, 2.24) is 0 Å². The summed E-state index contributed by atoms with van der Waals surface area (Å²) in [7, 11) is 1.50. The average molecular weight is 373 g/mol. The lowest BCUT2D eigenvalue weighted by Gasteiger charge is -2.10. The minimum absolute atomic E-state index is 0.833. The van der Waals surface area contributed by atoms with Crippen LogP contribution in [0, 0.1) is 33.6 Å². The molecule has 0 bridgehead atoms.